The zero-order valence-electron chi connectivity index (χ0n) is 15.3. The van der Waals surface area contributed by atoms with Gasteiger partial charge in [0.25, 0.3) is 0 Å². The summed E-state index contributed by atoms with van der Waals surface area (Å²) < 4.78 is 2.10. The normalized spacial score (nSPS) is 12.6. The number of aryl methyl sites for hydroxylation is 1. The number of rotatable bonds is 7. The Labute approximate surface area is 157 Å². The van der Waals surface area contributed by atoms with Gasteiger partial charge in [0, 0.05) is 36.6 Å². The summed E-state index contributed by atoms with van der Waals surface area (Å²) in [5, 5.41) is 4.73. The minimum absolute atomic E-state index is 0.0881. The van der Waals surface area contributed by atoms with Crippen molar-refractivity contribution in [2.24, 2.45) is 5.73 Å². The fourth-order valence-corrected chi connectivity index (χ4v) is 3.42. The summed E-state index contributed by atoms with van der Waals surface area (Å²) in [5.74, 6) is 0.639. The van der Waals surface area contributed by atoms with Crippen LogP contribution in [0.1, 0.15) is 30.8 Å². The summed E-state index contributed by atoms with van der Waals surface area (Å²) in [6, 6.07) is 16.4. The molecule has 0 fully saturated rings. The molecule has 0 saturated carbocycles. The minimum Gasteiger partial charge on any atom is -0.370 e. The number of carbonyl (C=O) groups is 1. The Balaban J connectivity index is 1.53. The molecule has 0 unspecified atom stereocenters. The van der Waals surface area contributed by atoms with Gasteiger partial charge in [-0.25, -0.2) is 4.98 Å². The van der Waals surface area contributed by atoms with E-state index in [1.54, 1.807) is 0 Å². The first-order valence-electron chi connectivity index (χ1n) is 9.15. The number of H-pyrrole nitrogens is 1. The third-order valence-corrected chi connectivity index (χ3v) is 4.89. The molecule has 1 amide bonds. The molecular weight excluding hydrogens is 338 g/mol. The number of nitrogens with one attached hydrogen (secondary N) is 2. The van der Waals surface area contributed by atoms with E-state index in [1.807, 2.05) is 36.4 Å². The maximum absolute atomic E-state index is 11.1. The summed E-state index contributed by atoms with van der Waals surface area (Å²) in [4.78, 5) is 19.2. The molecule has 2 aromatic heterocycles. The predicted molar refractivity (Wildman–Crippen MR) is 107 cm³/mol. The fourth-order valence-electron chi connectivity index (χ4n) is 3.42. The van der Waals surface area contributed by atoms with Crippen LogP contribution < -0.4 is 11.1 Å². The monoisotopic (exact) mass is 361 g/mol. The lowest BCUT2D eigenvalue weighted by Crippen LogP contribution is -2.19. The number of nitrogens with two attached hydrogens (primary N) is 1. The van der Waals surface area contributed by atoms with Crippen LogP contribution in [0.15, 0.2) is 54.7 Å². The molecule has 4 rings (SSSR count). The summed E-state index contributed by atoms with van der Waals surface area (Å²) in [7, 11) is 0. The van der Waals surface area contributed by atoms with Gasteiger partial charge in [-0.2, -0.15) is 0 Å². The molecule has 0 spiro atoms. The number of aromatic amines is 1. The molecule has 0 aliphatic rings. The number of carbonyl (C=O) groups excluding carboxylic acids is 1. The fraction of sp³-hybridized carbons (Fsp3) is 0.238. The lowest BCUT2D eigenvalue weighted by Gasteiger charge is -2.10. The van der Waals surface area contributed by atoms with Gasteiger partial charge in [0.2, 0.25) is 5.91 Å². The minimum atomic E-state index is -0.286. The maximum Gasteiger partial charge on any atom is 0.219 e. The van der Waals surface area contributed by atoms with Crippen LogP contribution in [0.4, 0.5) is 0 Å². The van der Waals surface area contributed by atoms with Crippen LogP contribution in [0.2, 0.25) is 0 Å². The standard InChI is InChI=1S/C21H23N5O/c1-14(21-24-17-7-3-4-8-18(17)25-21)23-12-15-13-26(11-10-20(22)27)19-9-5-2-6-16(15)19/h2-9,13-14,23H,10-12H2,1H3,(H2,22,27)(H,24,25)/t14-/m1/s1. The van der Waals surface area contributed by atoms with Crippen LogP contribution in [0, 0.1) is 0 Å². The highest BCUT2D eigenvalue weighted by Crippen LogP contribution is 2.23. The number of nitrogens with zero attached hydrogens (tertiary/aromatic N) is 2. The molecule has 138 valence electrons. The van der Waals surface area contributed by atoms with Crippen molar-refractivity contribution in [2.75, 3.05) is 0 Å². The average Bonchev–Trinajstić information content (AvgIpc) is 3.26. The highest BCUT2D eigenvalue weighted by molar-refractivity contribution is 5.84. The summed E-state index contributed by atoms with van der Waals surface area (Å²) in [6.07, 6.45) is 2.44. The quantitative estimate of drug-likeness (QED) is 0.472. The lowest BCUT2D eigenvalue weighted by atomic mass is 10.1. The molecule has 0 bridgehead atoms. The third kappa shape index (κ3) is 3.57. The first-order chi connectivity index (χ1) is 13.1. The molecule has 2 heterocycles. The Bertz CT molecular complexity index is 1060. The molecule has 6 heteroatoms. The van der Waals surface area contributed by atoms with Gasteiger partial charge in [0.05, 0.1) is 17.1 Å². The molecule has 0 aliphatic heterocycles. The molecular formula is C21H23N5O. The number of fused-ring (bicyclic) bond motifs is 2. The number of para-hydroxylation sites is 3. The van der Waals surface area contributed by atoms with Crippen molar-refractivity contribution in [2.45, 2.75) is 32.5 Å². The summed E-state index contributed by atoms with van der Waals surface area (Å²) in [6.45, 7) is 3.40. The van der Waals surface area contributed by atoms with Gasteiger partial charge in [-0.3, -0.25) is 4.79 Å². The van der Waals surface area contributed by atoms with Gasteiger partial charge in [0.1, 0.15) is 5.82 Å². The summed E-state index contributed by atoms with van der Waals surface area (Å²) in [5.41, 5.74) is 9.64. The Morgan fingerprint density at radius 3 is 2.81 bits per heavy atom. The van der Waals surface area contributed by atoms with Crippen LogP contribution in [0.5, 0.6) is 0 Å². The summed E-state index contributed by atoms with van der Waals surface area (Å²) >= 11 is 0. The topological polar surface area (TPSA) is 88.7 Å². The van der Waals surface area contributed by atoms with E-state index in [-0.39, 0.29) is 11.9 Å². The SMILES string of the molecule is C[C@@H](NCc1cn(CCC(N)=O)c2ccccc12)c1nc2ccccc2[nH]1. The molecule has 4 N–H and O–H groups in total. The maximum atomic E-state index is 11.1. The molecule has 6 nitrogen and oxygen atoms in total. The van der Waals surface area contributed by atoms with Crippen LogP contribution in [-0.4, -0.2) is 20.4 Å². The molecule has 0 aliphatic carbocycles. The van der Waals surface area contributed by atoms with Crippen molar-refractivity contribution in [1.29, 1.82) is 0 Å². The number of benzene rings is 2. The Morgan fingerprint density at radius 2 is 2.00 bits per heavy atom. The molecule has 27 heavy (non-hydrogen) atoms. The second-order valence-electron chi connectivity index (χ2n) is 6.82. The molecule has 0 radical (unpaired) electrons. The van der Waals surface area contributed by atoms with Crippen molar-refractivity contribution >= 4 is 27.8 Å². The largest absolute Gasteiger partial charge is 0.370 e. The zero-order valence-corrected chi connectivity index (χ0v) is 15.3. The van der Waals surface area contributed by atoms with E-state index in [1.165, 1.54) is 10.9 Å². The first kappa shape index (κ1) is 17.3. The second-order valence-corrected chi connectivity index (χ2v) is 6.82. The smallest absolute Gasteiger partial charge is 0.219 e. The van der Waals surface area contributed by atoms with E-state index in [9.17, 15) is 4.79 Å². The first-order valence-corrected chi connectivity index (χ1v) is 9.15. The van der Waals surface area contributed by atoms with Gasteiger partial charge in [-0.15, -0.1) is 0 Å². The van der Waals surface area contributed by atoms with E-state index in [4.69, 9.17) is 5.73 Å². The van der Waals surface area contributed by atoms with E-state index < -0.39 is 0 Å². The van der Waals surface area contributed by atoms with Crippen molar-refractivity contribution in [3.63, 3.8) is 0 Å². The van der Waals surface area contributed by atoms with Crippen molar-refractivity contribution in [1.82, 2.24) is 19.9 Å². The van der Waals surface area contributed by atoms with Gasteiger partial charge in [-0.1, -0.05) is 30.3 Å². The van der Waals surface area contributed by atoms with E-state index >= 15 is 0 Å². The highest BCUT2D eigenvalue weighted by Gasteiger charge is 2.13. The number of hydrogen-bond acceptors (Lipinski definition) is 3. The van der Waals surface area contributed by atoms with Gasteiger partial charge in [-0.05, 0) is 30.7 Å². The lowest BCUT2D eigenvalue weighted by molar-refractivity contribution is -0.118. The van der Waals surface area contributed by atoms with Crippen molar-refractivity contribution in [3.05, 3.63) is 66.1 Å². The van der Waals surface area contributed by atoms with Gasteiger partial charge in [0.15, 0.2) is 0 Å². The van der Waals surface area contributed by atoms with Gasteiger partial charge < -0.3 is 20.6 Å². The van der Waals surface area contributed by atoms with Gasteiger partial charge >= 0.3 is 0 Å². The van der Waals surface area contributed by atoms with Crippen molar-refractivity contribution < 1.29 is 4.79 Å². The number of imidazole rings is 1. The van der Waals surface area contributed by atoms with Crippen LogP contribution >= 0.6 is 0 Å². The van der Waals surface area contributed by atoms with Crippen LogP contribution in [-0.2, 0) is 17.9 Å². The number of hydrogen-bond donors (Lipinski definition) is 3. The average molecular weight is 361 g/mol. The third-order valence-electron chi connectivity index (χ3n) is 4.89. The van der Waals surface area contributed by atoms with Crippen LogP contribution in [0.25, 0.3) is 21.9 Å². The highest BCUT2D eigenvalue weighted by atomic mass is 16.1. The number of amides is 1. The molecule has 0 saturated heterocycles. The van der Waals surface area contributed by atoms with Crippen LogP contribution in [0.3, 0.4) is 0 Å². The Kier molecular flexibility index (Phi) is 4.64. The molecule has 4 aromatic rings. The van der Waals surface area contributed by atoms with E-state index in [2.05, 4.69) is 45.1 Å². The Hall–Kier alpha value is -3.12. The predicted octanol–water partition coefficient (Wildman–Crippen LogP) is 3.24. The number of aromatic nitrogens is 3. The Morgan fingerprint density at radius 1 is 1.22 bits per heavy atom. The second kappa shape index (κ2) is 7.25. The van der Waals surface area contributed by atoms with E-state index in [0.717, 1.165) is 22.4 Å². The molecule has 1 atom stereocenters. The van der Waals surface area contributed by atoms with E-state index in [0.29, 0.717) is 19.5 Å². The molecule has 2 aromatic carbocycles. The van der Waals surface area contributed by atoms with Crippen molar-refractivity contribution in [3.8, 4) is 0 Å². The number of primary amides is 1. The zero-order chi connectivity index (χ0) is 18.8.